The van der Waals surface area contributed by atoms with Gasteiger partial charge in [0.05, 0.1) is 17.7 Å². The van der Waals surface area contributed by atoms with Gasteiger partial charge in [0, 0.05) is 11.8 Å². The van der Waals surface area contributed by atoms with Crippen LogP contribution in [0.4, 0.5) is 0 Å². The van der Waals surface area contributed by atoms with Crippen molar-refractivity contribution >= 4 is 17.4 Å². The van der Waals surface area contributed by atoms with E-state index in [1.807, 2.05) is 0 Å². The number of carbonyl (C=O) groups is 1. The van der Waals surface area contributed by atoms with Crippen molar-refractivity contribution in [2.75, 3.05) is 7.11 Å². The summed E-state index contributed by atoms with van der Waals surface area (Å²) in [6, 6.07) is 10.3. The number of hydrogen-bond acceptors (Lipinski definition) is 3. The molecule has 0 amide bonds. The van der Waals surface area contributed by atoms with E-state index in [2.05, 4.69) is 4.98 Å². The zero-order valence-electron chi connectivity index (χ0n) is 9.18. The molecule has 0 aliphatic carbocycles. The van der Waals surface area contributed by atoms with E-state index in [0.29, 0.717) is 22.0 Å². The average molecular weight is 248 g/mol. The molecular formula is C13H10ClNO2. The lowest BCUT2D eigenvalue weighted by Gasteiger charge is -2.06. The molecule has 0 aliphatic heterocycles. The van der Waals surface area contributed by atoms with E-state index in [4.69, 9.17) is 16.3 Å². The normalized spacial score (nSPS) is 10.0. The number of aromatic nitrogens is 1. The summed E-state index contributed by atoms with van der Waals surface area (Å²) < 4.78 is 5.05. The summed E-state index contributed by atoms with van der Waals surface area (Å²) in [6.45, 7) is 0. The Morgan fingerprint density at radius 3 is 2.59 bits per heavy atom. The van der Waals surface area contributed by atoms with E-state index in [1.165, 1.54) is 7.11 Å². The fourth-order valence-corrected chi connectivity index (χ4v) is 1.74. The fourth-order valence-electron chi connectivity index (χ4n) is 1.52. The van der Waals surface area contributed by atoms with Crippen LogP contribution in [0.3, 0.4) is 0 Å². The topological polar surface area (TPSA) is 39.2 Å². The second-order valence-corrected chi connectivity index (χ2v) is 3.78. The number of nitrogens with zero attached hydrogens (tertiary/aromatic N) is 1. The van der Waals surface area contributed by atoms with Crippen LogP contribution in [0.15, 0.2) is 42.6 Å². The Labute approximate surface area is 104 Å². The summed E-state index contributed by atoms with van der Waals surface area (Å²) in [5, 5.41) is 0.420. The van der Waals surface area contributed by atoms with Crippen LogP contribution in [0, 0.1) is 0 Å². The summed E-state index contributed by atoms with van der Waals surface area (Å²) in [6.07, 6.45) is 1.57. The Morgan fingerprint density at radius 1 is 1.18 bits per heavy atom. The quantitative estimate of drug-likeness (QED) is 0.783. The van der Waals surface area contributed by atoms with Crippen molar-refractivity contribution in [2.24, 2.45) is 0 Å². The van der Waals surface area contributed by atoms with Gasteiger partial charge < -0.3 is 4.74 Å². The molecule has 0 unspecified atom stereocenters. The molecule has 0 fully saturated rings. The summed E-state index contributed by atoms with van der Waals surface area (Å²) in [7, 11) is 1.48. The molecule has 0 bridgehead atoms. The average Bonchev–Trinajstić information content (AvgIpc) is 2.38. The standard InChI is InChI=1S/C13H10ClNO2/c1-17-13-10(6-4-8-15-13)12(16)9-5-2-3-7-11(9)14/h2-8H,1H3. The van der Waals surface area contributed by atoms with Crippen LogP contribution in [0.25, 0.3) is 0 Å². The molecule has 17 heavy (non-hydrogen) atoms. The number of halogens is 1. The number of rotatable bonds is 3. The molecule has 3 nitrogen and oxygen atoms in total. The Hall–Kier alpha value is -1.87. The van der Waals surface area contributed by atoms with E-state index in [9.17, 15) is 4.79 Å². The van der Waals surface area contributed by atoms with Crippen molar-refractivity contribution in [2.45, 2.75) is 0 Å². The lowest BCUT2D eigenvalue weighted by molar-refractivity contribution is 0.103. The van der Waals surface area contributed by atoms with Crippen LogP contribution in [-0.2, 0) is 0 Å². The molecule has 86 valence electrons. The summed E-state index contributed by atoms with van der Waals surface area (Å²) in [5.41, 5.74) is 0.851. The molecule has 0 aliphatic rings. The highest BCUT2D eigenvalue weighted by atomic mass is 35.5. The van der Waals surface area contributed by atoms with Gasteiger partial charge in [-0.25, -0.2) is 4.98 Å². The number of pyridine rings is 1. The fraction of sp³-hybridized carbons (Fsp3) is 0.0769. The third-order valence-corrected chi connectivity index (χ3v) is 2.66. The lowest BCUT2D eigenvalue weighted by Crippen LogP contribution is -2.05. The van der Waals surface area contributed by atoms with Gasteiger partial charge in [0.2, 0.25) is 5.88 Å². The van der Waals surface area contributed by atoms with Crippen LogP contribution >= 0.6 is 11.6 Å². The minimum absolute atomic E-state index is 0.194. The summed E-state index contributed by atoms with van der Waals surface area (Å²) >= 11 is 5.98. The molecule has 1 heterocycles. The van der Waals surface area contributed by atoms with Crippen molar-refractivity contribution in [1.29, 1.82) is 0 Å². The van der Waals surface area contributed by atoms with Crippen LogP contribution in [0.2, 0.25) is 5.02 Å². The molecule has 1 aromatic carbocycles. The number of methoxy groups -OCH3 is 1. The third kappa shape index (κ3) is 2.29. The second-order valence-electron chi connectivity index (χ2n) is 3.37. The minimum Gasteiger partial charge on any atom is -0.480 e. The number of ether oxygens (including phenoxy) is 1. The van der Waals surface area contributed by atoms with Crippen molar-refractivity contribution < 1.29 is 9.53 Å². The molecule has 0 saturated heterocycles. The van der Waals surface area contributed by atoms with Crippen LogP contribution in [0.1, 0.15) is 15.9 Å². The zero-order valence-corrected chi connectivity index (χ0v) is 9.94. The van der Waals surface area contributed by atoms with E-state index < -0.39 is 0 Å². The Bertz CT molecular complexity index is 555. The first-order chi connectivity index (χ1) is 8.24. The third-order valence-electron chi connectivity index (χ3n) is 2.33. The van der Waals surface area contributed by atoms with Gasteiger partial charge in [-0.1, -0.05) is 23.7 Å². The molecule has 0 N–H and O–H groups in total. The maximum absolute atomic E-state index is 12.2. The first-order valence-electron chi connectivity index (χ1n) is 5.02. The minimum atomic E-state index is -0.194. The molecule has 0 saturated carbocycles. The Balaban J connectivity index is 2.48. The van der Waals surface area contributed by atoms with Gasteiger partial charge >= 0.3 is 0 Å². The monoisotopic (exact) mass is 247 g/mol. The number of carbonyl (C=O) groups excluding carboxylic acids is 1. The maximum atomic E-state index is 12.2. The van der Waals surface area contributed by atoms with E-state index >= 15 is 0 Å². The van der Waals surface area contributed by atoms with Gasteiger partial charge in [-0.05, 0) is 24.3 Å². The van der Waals surface area contributed by atoms with Gasteiger partial charge in [0.15, 0.2) is 5.78 Å². The molecule has 2 rings (SSSR count). The van der Waals surface area contributed by atoms with Gasteiger partial charge in [-0.15, -0.1) is 0 Å². The van der Waals surface area contributed by atoms with Crippen molar-refractivity contribution in [3.05, 3.63) is 58.7 Å². The Kier molecular flexibility index (Phi) is 3.40. The SMILES string of the molecule is COc1ncccc1C(=O)c1ccccc1Cl. The first kappa shape index (κ1) is 11.6. The molecule has 0 spiro atoms. The predicted octanol–water partition coefficient (Wildman–Crippen LogP) is 2.97. The maximum Gasteiger partial charge on any atom is 0.224 e. The first-order valence-corrected chi connectivity index (χ1v) is 5.40. The molecule has 4 heteroatoms. The highest BCUT2D eigenvalue weighted by molar-refractivity contribution is 6.35. The number of benzene rings is 1. The smallest absolute Gasteiger partial charge is 0.224 e. The number of hydrogen-bond donors (Lipinski definition) is 0. The highest BCUT2D eigenvalue weighted by Gasteiger charge is 2.16. The van der Waals surface area contributed by atoms with E-state index in [1.54, 1.807) is 42.6 Å². The van der Waals surface area contributed by atoms with Crippen LogP contribution in [-0.4, -0.2) is 17.9 Å². The van der Waals surface area contributed by atoms with Gasteiger partial charge in [-0.3, -0.25) is 4.79 Å². The zero-order chi connectivity index (χ0) is 12.3. The van der Waals surface area contributed by atoms with Crippen molar-refractivity contribution in [1.82, 2.24) is 4.98 Å². The van der Waals surface area contributed by atoms with Gasteiger partial charge in [0.1, 0.15) is 0 Å². The van der Waals surface area contributed by atoms with Crippen molar-refractivity contribution in [3.8, 4) is 5.88 Å². The molecule has 0 radical (unpaired) electrons. The Morgan fingerprint density at radius 2 is 1.88 bits per heavy atom. The second kappa shape index (κ2) is 4.97. The molecule has 0 atom stereocenters. The largest absolute Gasteiger partial charge is 0.480 e. The van der Waals surface area contributed by atoms with Crippen molar-refractivity contribution in [3.63, 3.8) is 0 Å². The predicted molar refractivity (Wildman–Crippen MR) is 65.7 cm³/mol. The van der Waals surface area contributed by atoms with E-state index in [-0.39, 0.29) is 5.78 Å². The number of ketones is 1. The van der Waals surface area contributed by atoms with Gasteiger partial charge in [-0.2, -0.15) is 0 Å². The van der Waals surface area contributed by atoms with Gasteiger partial charge in [0.25, 0.3) is 0 Å². The molecule has 2 aromatic rings. The summed E-state index contributed by atoms with van der Waals surface area (Å²) in [5.74, 6) is 0.109. The van der Waals surface area contributed by atoms with Crippen LogP contribution < -0.4 is 4.74 Å². The summed E-state index contributed by atoms with van der Waals surface area (Å²) in [4.78, 5) is 16.2. The van der Waals surface area contributed by atoms with Crippen LogP contribution in [0.5, 0.6) is 5.88 Å². The molecular weight excluding hydrogens is 238 g/mol. The van der Waals surface area contributed by atoms with E-state index in [0.717, 1.165) is 0 Å². The highest BCUT2D eigenvalue weighted by Crippen LogP contribution is 2.23. The lowest BCUT2D eigenvalue weighted by atomic mass is 10.0. The molecule has 1 aromatic heterocycles.